The first-order valence-corrected chi connectivity index (χ1v) is 5.40. The molecule has 0 aromatic carbocycles. The van der Waals surface area contributed by atoms with E-state index >= 15 is 0 Å². The standard InChI is InChI=1S/C8H12INO2/c9-8(12)7-5-2-1-4(10-7)3-6(5)11/h4-7,10-11H,1-3H2/t4-,5+,6-,7-/m0/s1. The predicted octanol–water partition coefficient (Wildman–Crippen LogP) is 0.449. The van der Waals surface area contributed by atoms with Gasteiger partial charge in [0.1, 0.15) is 0 Å². The lowest BCUT2D eigenvalue weighted by Crippen LogP contribution is -2.60. The Hall–Kier alpha value is 0.320. The monoisotopic (exact) mass is 281 g/mol. The first kappa shape index (κ1) is 8.90. The molecular weight excluding hydrogens is 269 g/mol. The van der Waals surface area contributed by atoms with Crippen LogP contribution in [0.25, 0.3) is 0 Å². The number of hydrogen-bond donors (Lipinski definition) is 2. The molecule has 2 aliphatic heterocycles. The minimum atomic E-state index is -0.256. The Balaban J connectivity index is 2.14. The van der Waals surface area contributed by atoms with E-state index in [0.717, 1.165) is 19.3 Å². The third-order valence-corrected chi connectivity index (χ3v) is 3.63. The Labute approximate surface area is 85.0 Å². The van der Waals surface area contributed by atoms with Crippen LogP contribution in [-0.2, 0) is 4.79 Å². The van der Waals surface area contributed by atoms with Crippen LogP contribution in [0.15, 0.2) is 0 Å². The lowest BCUT2D eigenvalue weighted by molar-refractivity contribution is -0.117. The highest BCUT2D eigenvalue weighted by molar-refractivity contribution is 14.1. The number of nitrogens with one attached hydrogen (secondary N) is 1. The number of rotatable bonds is 1. The second-order valence-electron chi connectivity index (χ2n) is 3.69. The summed E-state index contributed by atoms with van der Waals surface area (Å²) in [5, 5.41) is 12.9. The zero-order valence-corrected chi connectivity index (χ0v) is 8.82. The van der Waals surface area contributed by atoms with Crippen molar-refractivity contribution in [2.24, 2.45) is 5.92 Å². The molecule has 3 aliphatic rings. The molecule has 4 atom stereocenters. The van der Waals surface area contributed by atoms with Gasteiger partial charge in [0.05, 0.1) is 12.1 Å². The summed E-state index contributed by atoms with van der Waals surface area (Å²) < 4.78 is 0.140. The maximum Gasteiger partial charge on any atom is 0.209 e. The van der Waals surface area contributed by atoms with Crippen molar-refractivity contribution in [3.8, 4) is 0 Å². The van der Waals surface area contributed by atoms with Gasteiger partial charge in [0.25, 0.3) is 0 Å². The van der Waals surface area contributed by atoms with Gasteiger partial charge in [-0.15, -0.1) is 0 Å². The topological polar surface area (TPSA) is 49.3 Å². The van der Waals surface area contributed by atoms with Gasteiger partial charge in [0, 0.05) is 34.6 Å². The molecule has 0 amide bonds. The highest BCUT2D eigenvalue weighted by Gasteiger charge is 2.43. The average Bonchev–Trinajstić information content (AvgIpc) is 2.04. The number of halogens is 1. The van der Waals surface area contributed by atoms with Gasteiger partial charge in [-0.2, -0.15) is 0 Å². The van der Waals surface area contributed by atoms with Gasteiger partial charge in [-0.25, -0.2) is 0 Å². The number of carbonyl (C=O) groups is 1. The summed E-state index contributed by atoms with van der Waals surface area (Å²) in [5.74, 6) is 0.166. The van der Waals surface area contributed by atoms with E-state index in [0.29, 0.717) is 6.04 Å². The first-order valence-electron chi connectivity index (χ1n) is 4.32. The van der Waals surface area contributed by atoms with Crippen molar-refractivity contribution in [3.63, 3.8) is 0 Å². The minimum absolute atomic E-state index is 0.0897. The largest absolute Gasteiger partial charge is 0.393 e. The molecule has 3 nitrogen and oxygen atoms in total. The van der Waals surface area contributed by atoms with E-state index in [4.69, 9.17) is 0 Å². The molecule has 1 aliphatic carbocycles. The SMILES string of the molecule is O=C(I)[C@H]1N[C@H]2CC[C@@H]1[C@@H](O)C2. The molecule has 1 saturated carbocycles. The van der Waals surface area contributed by atoms with Gasteiger partial charge in [0.2, 0.25) is 3.79 Å². The van der Waals surface area contributed by atoms with Crippen LogP contribution >= 0.6 is 22.6 Å². The van der Waals surface area contributed by atoms with E-state index in [9.17, 15) is 9.90 Å². The van der Waals surface area contributed by atoms with E-state index in [2.05, 4.69) is 5.32 Å². The number of hydrogen-bond acceptors (Lipinski definition) is 3. The fourth-order valence-corrected chi connectivity index (χ4v) is 2.96. The van der Waals surface area contributed by atoms with Gasteiger partial charge in [-0.3, -0.25) is 4.79 Å². The van der Waals surface area contributed by atoms with Gasteiger partial charge < -0.3 is 10.4 Å². The minimum Gasteiger partial charge on any atom is -0.393 e. The number of carbonyl (C=O) groups excluding carboxylic acids is 1. The number of fused-ring (bicyclic) bond motifs is 3. The molecule has 3 rings (SSSR count). The maximum atomic E-state index is 11.1. The Morgan fingerprint density at radius 2 is 2.25 bits per heavy atom. The van der Waals surface area contributed by atoms with Crippen LogP contribution in [0, 0.1) is 5.92 Å². The van der Waals surface area contributed by atoms with Crippen LogP contribution in [-0.4, -0.2) is 27.1 Å². The van der Waals surface area contributed by atoms with E-state index in [1.807, 2.05) is 22.6 Å². The summed E-state index contributed by atoms with van der Waals surface area (Å²) in [5.41, 5.74) is 0. The summed E-state index contributed by atoms with van der Waals surface area (Å²) in [6.07, 6.45) is 2.68. The highest BCUT2D eigenvalue weighted by atomic mass is 127. The molecule has 0 aromatic heterocycles. The summed E-state index contributed by atoms with van der Waals surface area (Å²) in [7, 11) is 0. The molecule has 68 valence electrons. The van der Waals surface area contributed by atoms with Crippen molar-refractivity contribution in [1.82, 2.24) is 5.32 Å². The summed E-state index contributed by atoms with van der Waals surface area (Å²) >= 11 is 1.82. The molecule has 4 heteroatoms. The molecular formula is C8H12INO2. The van der Waals surface area contributed by atoms with Crippen LogP contribution in [0.2, 0.25) is 0 Å². The summed E-state index contributed by atoms with van der Waals surface area (Å²) in [6, 6.07) is 0.279. The van der Waals surface area contributed by atoms with Gasteiger partial charge >= 0.3 is 0 Å². The maximum absolute atomic E-state index is 11.1. The van der Waals surface area contributed by atoms with Crippen LogP contribution < -0.4 is 5.32 Å². The Morgan fingerprint density at radius 3 is 2.67 bits per heavy atom. The Bertz CT molecular complexity index is 209. The van der Waals surface area contributed by atoms with Crippen molar-refractivity contribution in [1.29, 1.82) is 0 Å². The lowest BCUT2D eigenvalue weighted by Gasteiger charge is -2.45. The fourth-order valence-electron chi connectivity index (χ4n) is 2.32. The molecule has 0 unspecified atom stereocenters. The average molecular weight is 281 g/mol. The van der Waals surface area contributed by atoms with Crippen molar-refractivity contribution < 1.29 is 9.90 Å². The normalized spacial score (nSPS) is 46.2. The van der Waals surface area contributed by atoms with Crippen molar-refractivity contribution in [2.45, 2.75) is 37.5 Å². The number of aliphatic hydroxyl groups excluding tert-OH is 1. The van der Waals surface area contributed by atoms with E-state index < -0.39 is 0 Å². The zero-order valence-electron chi connectivity index (χ0n) is 6.66. The second kappa shape index (κ2) is 3.23. The third-order valence-electron chi connectivity index (χ3n) is 2.96. The lowest BCUT2D eigenvalue weighted by atomic mass is 9.75. The molecule has 3 fully saturated rings. The Morgan fingerprint density at radius 1 is 1.50 bits per heavy atom. The smallest absolute Gasteiger partial charge is 0.209 e. The molecule has 0 spiro atoms. The summed E-state index contributed by atoms with van der Waals surface area (Å²) in [6.45, 7) is 0. The second-order valence-corrected chi connectivity index (χ2v) is 4.75. The van der Waals surface area contributed by atoms with E-state index in [-0.39, 0.29) is 21.9 Å². The molecule has 2 heterocycles. The predicted molar refractivity (Wildman–Crippen MR) is 53.1 cm³/mol. The van der Waals surface area contributed by atoms with E-state index in [1.54, 1.807) is 0 Å². The molecule has 2 N–H and O–H groups in total. The van der Waals surface area contributed by atoms with Crippen LogP contribution in [0.3, 0.4) is 0 Å². The number of aliphatic hydroxyl groups is 1. The van der Waals surface area contributed by atoms with Crippen molar-refractivity contribution in [3.05, 3.63) is 0 Å². The van der Waals surface area contributed by atoms with Gasteiger partial charge in [0.15, 0.2) is 0 Å². The van der Waals surface area contributed by atoms with Crippen LogP contribution in [0.1, 0.15) is 19.3 Å². The first-order chi connectivity index (χ1) is 5.68. The van der Waals surface area contributed by atoms with Crippen LogP contribution in [0.4, 0.5) is 0 Å². The Kier molecular flexibility index (Phi) is 2.39. The third kappa shape index (κ3) is 1.40. The fraction of sp³-hybridized carbons (Fsp3) is 0.875. The summed E-state index contributed by atoms with van der Waals surface area (Å²) in [4.78, 5) is 11.1. The molecule has 12 heavy (non-hydrogen) atoms. The van der Waals surface area contributed by atoms with Crippen molar-refractivity contribution in [2.75, 3.05) is 0 Å². The molecule has 0 radical (unpaired) electrons. The van der Waals surface area contributed by atoms with Crippen LogP contribution in [0.5, 0.6) is 0 Å². The molecule has 2 saturated heterocycles. The van der Waals surface area contributed by atoms with Crippen molar-refractivity contribution >= 4 is 26.4 Å². The van der Waals surface area contributed by atoms with Gasteiger partial charge in [-0.05, 0) is 19.3 Å². The number of piperidine rings is 2. The molecule has 2 bridgehead atoms. The highest BCUT2D eigenvalue weighted by Crippen LogP contribution is 2.34. The quantitative estimate of drug-likeness (QED) is 0.542. The van der Waals surface area contributed by atoms with E-state index in [1.165, 1.54) is 0 Å². The zero-order chi connectivity index (χ0) is 8.72. The van der Waals surface area contributed by atoms with Gasteiger partial charge in [-0.1, -0.05) is 0 Å². The molecule has 0 aromatic rings.